The van der Waals surface area contributed by atoms with Crippen molar-refractivity contribution < 1.29 is 33.3 Å². The molecular formula is C9H16F2N2O5. The standard InChI is InChI=1S/C9H16F2N2O5/c10-7(11)5-18-4-3-13-9(17)12-2-1-6(14)8(15)16/h6-7,14H,1-5H2,(H,15,16)(H2,12,13,17). The van der Waals surface area contributed by atoms with E-state index in [4.69, 9.17) is 10.2 Å². The summed E-state index contributed by atoms with van der Waals surface area (Å²) in [4.78, 5) is 21.3. The quantitative estimate of drug-likeness (QED) is 0.419. The third-order valence-corrected chi connectivity index (χ3v) is 1.76. The fraction of sp³-hybridized carbons (Fsp3) is 0.778. The maximum atomic E-state index is 11.6. The lowest BCUT2D eigenvalue weighted by atomic mass is 10.2. The molecule has 0 heterocycles. The largest absolute Gasteiger partial charge is 0.479 e. The van der Waals surface area contributed by atoms with Crippen LogP contribution in [0.3, 0.4) is 0 Å². The Kier molecular flexibility index (Phi) is 8.76. The number of nitrogens with one attached hydrogen (secondary N) is 2. The molecule has 0 radical (unpaired) electrons. The monoisotopic (exact) mass is 270 g/mol. The number of carbonyl (C=O) groups excluding carboxylic acids is 1. The van der Waals surface area contributed by atoms with Gasteiger partial charge in [-0.1, -0.05) is 0 Å². The lowest BCUT2D eigenvalue weighted by Gasteiger charge is -2.09. The maximum Gasteiger partial charge on any atom is 0.332 e. The molecule has 0 aliphatic carbocycles. The summed E-state index contributed by atoms with van der Waals surface area (Å²) in [6.07, 6.45) is -4.19. The molecule has 2 amide bonds. The van der Waals surface area contributed by atoms with Crippen molar-refractivity contribution in [3.63, 3.8) is 0 Å². The van der Waals surface area contributed by atoms with Gasteiger partial charge in [0.25, 0.3) is 6.43 Å². The topological polar surface area (TPSA) is 108 Å². The van der Waals surface area contributed by atoms with Gasteiger partial charge in [0.15, 0.2) is 6.10 Å². The Hall–Kier alpha value is -1.48. The third kappa shape index (κ3) is 9.73. The Balaban J connectivity index is 3.41. The second kappa shape index (κ2) is 9.54. The summed E-state index contributed by atoms with van der Waals surface area (Å²) >= 11 is 0. The first-order chi connectivity index (χ1) is 8.43. The number of carbonyl (C=O) groups is 2. The molecular weight excluding hydrogens is 254 g/mol. The third-order valence-electron chi connectivity index (χ3n) is 1.76. The van der Waals surface area contributed by atoms with E-state index < -0.39 is 31.1 Å². The zero-order valence-corrected chi connectivity index (χ0v) is 9.57. The number of halogens is 2. The summed E-state index contributed by atoms with van der Waals surface area (Å²) < 4.78 is 27.8. The van der Waals surface area contributed by atoms with Crippen LogP contribution < -0.4 is 10.6 Å². The predicted octanol–water partition coefficient (Wildman–Crippen LogP) is -0.597. The first kappa shape index (κ1) is 16.5. The van der Waals surface area contributed by atoms with Gasteiger partial charge in [0, 0.05) is 19.5 Å². The van der Waals surface area contributed by atoms with E-state index in [1.165, 1.54) is 0 Å². The minimum atomic E-state index is -2.55. The molecule has 1 atom stereocenters. The number of hydrogen-bond acceptors (Lipinski definition) is 4. The van der Waals surface area contributed by atoms with Crippen molar-refractivity contribution in [3.8, 4) is 0 Å². The SMILES string of the molecule is O=C(NCCOCC(F)F)NCCC(O)C(=O)O. The van der Waals surface area contributed by atoms with Gasteiger partial charge in [-0.05, 0) is 0 Å². The van der Waals surface area contributed by atoms with Crippen LogP contribution in [0.5, 0.6) is 0 Å². The summed E-state index contributed by atoms with van der Waals surface area (Å²) in [5.41, 5.74) is 0. The van der Waals surface area contributed by atoms with Gasteiger partial charge in [0.2, 0.25) is 0 Å². The number of rotatable bonds is 9. The highest BCUT2D eigenvalue weighted by atomic mass is 19.3. The van der Waals surface area contributed by atoms with Gasteiger partial charge in [-0.3, -0.25) is 0 Å². The molecule has 0 aliphatic rings. The number of aliphatic hydroxyl groups excluding tert-OH is 1. The van der Waals surface area contributed by atoms with Gasteiger partial charge >= 0.3 is 12.0 Å². The fourth-order valence-electron chi connectivity index (χ4n) is 0.918. The van der Waals surface area contributed by atoms with Gasteiger partial charge in [-0.2, -0.15) is 0 Å². The molecule has 4 N–H and O–H groups in total. The van der Waals surface area contributed by atoms with Gasteiger partial charge in [-0.15, -0.1) is 0 Å². The molecule has 106 valence electrons. The van der Waals surface area contributed by atoms with Crippen molar-refractivity contribution in [2.45, 2.75) is 19.0 Å². The number of aliphatic hydroxyl groups is 1. The van der Waals surface area contributed by atoms with Crippen molar-refractivity contribution in [3.05, 3.63) is 0 Å². The number of hydrogen-bond donors (Lipinski definition) is 4. The fourth-order valence-corrected chi connectivity index (χ4v) is 0.918. The number of ether oxygens (including phenoxy) is 1. The number of aliphatic carboxylic acids is 1. The number of urea groups is 1. The number of carboxylic acids is 1. The number of amides is 2. The predicted molar refractivity (Wildman–Crippen MR) is 56.5 cm³/mol. The summed E-state index contributed by atoms with van der Waals surface area (Å²) in [6.45, 7) is -0.694. The highest BCUT2D eigenvalue weighted by molar-refractivity contribution is 5.74. The summed E-state index contributed by atoms with van der Waals surface area (Å²) in [5.74, 6) is -1.36. The van der Waals surface area contributed by atoms with Crippen LogP contribution in [0.2, 0.25) is 0 Å². The number of alkyl halides is 2. The normalized spacial score (nSPS) is 12.2. The molecule has 1 unspecified atom stereocenters. The second-order valence-electron chi connectivity index (χ2n) is 3.29. The highest BCUT2D eigenvalue weighted by Gasteiger charge is 2.12. The van der Waals surface area contributed by atoms with Crippen molar-refractivity contribution in [2.24, 2.45) is 0 Å². The number of carboxylic acid groups (broad SMARTS) is 1. The molecule has 18 heavy (non-hydrogen) atoms. The Morgan fingerprint density at radius 1 is 1.22 bits per heavy atom. The van der Waals surface area contributed by atoms with Gasteiger partial charge < -0.3 is 25.6 Å². The zero-order chi connectivity index (χ0) is 14.0. The van der Waals surface area contributed by atoms with E-state index in [0.717, 1.165) is 0 Å². The molecule has 0 bridgehead atoms. The first-order valence-electron chi connectivity index (χ1n) is 5.22. The van der Waals surface area contributed by atoms with E-state index in [-0.39, 0.29) is 26.1 Å². The molecule has 0 saturated heterocycles. The summed E-state index contributed by atoms with van der Waals surface area (Å²) in [7, 11) is 0. The highest BCUT2D eigenvalue weighted by Crippen LogP contribution is 1.91. The molecule has 0 aromatic rings. The average Bonchev–Trinajstić information content (AvgIpc) is 2.27. The molecule has 7 nitrogen and oxygen atoms in total. The van der Waals surface area contributed by atoms with Crippen LogP contribution in [0.4, 0.5) is 13.6 Å². The molecule has 0 aromatic carbocycles. The zero-order valence-electron chi connectivity index (χ0n) is 9.57. The molecule has 0 rings (SSSR count). The van der Waals surface area contributed by atoms with E-state index >= 15 is 0 Å². The lowest BCUT2D eigenvalue weighted by molar-refractivity contribution is -0.146. The van der Waals surface area contributed by atoms with E-state index in [1.807, 2.05) is 0 Å². The lowest BCUT2D eigenvalue weighted by Crippen LogP contribution is -2.39. The molecule has 9 heteroatoms. The van der Waals surface area contributed by atoms with Crippen molar-refractivity contribution in [1.29, 1.82) is 0 Å². The van der Waals surface area contributed by atoms with Gasteiger partial charge in [-0.25, -0.2) is 18.4 Å². The minimum absolute atomic E-state index is 0.0167. The molecule has 0 aromatic heterocycles. The van der Waals surface area contributed by atoms with Gasteiger partial charge in [0.1, 0.15) is 6.61 Å². The Morgan fingerprint density at radius 2 is 1.83 bits per heavy atom. The second-order valence-corrected chi connectivity index (χ2v) is 3.29. The van der Waals surface area contributed by atoms with Gasteiger partial charge in [0.05, 0.1) is 6.61 Å². The maximum absolute atomic E-state index is 11.6. The Morgan fingerprint density at radius 3 is 2.39 bits per heavy atom. The van der Waals surface area contributed by atoms with E-state index in [9.17, 15) is 18.4 Å². The summed E-state index contributed by atoms with van der Waals surface area (Å²) in [6, 6.07) is -0.590. The Labute approximate surface area is 102 Å². The minimum Gasteiger partial charge on any atom is -0.479 e. The van der Waals surface area contributed by atoms with Crippen LogP contribution >= 0.6 is 0 Å². The van der Waals surface area contributed by atoms with E-state index in [0.29, 0.717) is 0 Å². The van der Waals surface area contributed by atoms with Crippen LogP contribution in [0.25, 0.3) is 0 Å². The van der Waals surface area contributed by atoms with Crippen LogP contribution in [-0.4, -0.2) is 61.0 Å². The molecule has 0 saturated carbocycles. The van der Waals surface area contributed by atoms with Crippen molar-refractivity contribution in [1.82, 2.24) is 10.6 Å². The van der Waals surface area contributed by atoms with Crippen LogP contribution in [-0.2, 0) is 9.53 Å². The van der Waals surface area contributed by atoms with Crippen molar-refractivity contribution >= 4 is 12.0 Å². The van der Waals surface area contributed by atoms with E-state index in [2.05, 4.69) is 15.4 Å². The van der Waals surface area contributed by atoms with E-state index in [1.54, 1.807) is 0 Å². The van der Waals surface area contributed by atoms with Crippen molar-refractivity contribution in [2.75, 3.05) is 26.3 Å². The average molecular weight is 270 g/mol. The smallest absolute Gasteiger partial charge is 0.332 e. The van der Waals surface area contributed by atoms with Crippen LogP contribution in [0, 0.1) is 0 Å². The first-order valence-corrected chi connectivity index (χ1v) is 5.22. The van der Waals surface area contributed by atoms with Crippen LogP contribution in [0.15, 0.2) is 0 Å². The molecule has 0 fully saturated rings. The Bertz CT molecular complexity index is 265. The van der Waals surface area contributed by atoms with Crippen LogP contribution in [0.1, 0.15) is 6.42 Å². The molecule has 0 spiro atoms. The molecule has 0 aliphatic heterocycles. The summed E-state index contributed by atoms with van der Waals surface area (Å²) in [5, 5.41) is 21.8.